The highest BCUT2D eigenvalue weighted by Gasteiger charge is 2.32. The van der Waals surface area contributed by atoms with Crippen LogP contribution in [0, 0.1) is 23.7 Å². The first kappa shape index (κ1) is 11.5. The second kappa shape index (κ2) is 4.77. The third-order valence-corrected chi connectivity index (χ3v) is 3.68. The van der Waals surface area contributed by atoms with Crippen molar-refractivity contribution in [1.29, 1.82) is 0 Å². The minimum Gasteiger partial charge on any atom is -0.299 e. The van der Waals surface area contributed by atoms with E-state index in [-0.39, 0.29) is 5.92 Å². The third kappa shape index (κ3) is 2.46. The normalized spacial score (nSPS) is 30.4. The molecule has 0 aromatic carbocycles. The molecule has 1 heteroatoms. The van der Waals surface area contributed by atoms with E-state index >= 15 is 0 Å². The number of rotatable bonds is 3. The molecule has 0 radical (unpaired) electrons. The molecule has 0 bridgehead atoms. The van der Waals surface area contributed by atoms with E-state index < -0.39 is 0 Å². The van der Waals surface area contributed by atoms with Crippen LogP contribution >= 0.6 is 0 Å². The van der Waals surface area contributed by atoms with Gasteiger partial charge in [-0.3, -0.25) is 4.79 Å². The number of ketones is 1. The molecule has 1 aliphatic carbocycles. The van der Waals surface area contributed by atoms with Gasteiger partial charge in [0.25, 0.3) is 0 Å². The summed E-state index contributed by atoms with van der Waals surface area (Å²) in [6, 6.07) is 0. The first-order valence-electron chi connectivity index (χ1n) is 5.71. The van der Waals surface area contributed by atoms with Crippen molar-refractivity contribution in [3.05, 3.63) is 12.7 Å². The van der Waals surface area contributed by atoms with Crippen molar-refractivity contribution in [3.63, 3.8) is 0 Å². The molecule has 0 spiro atoms. The molecule has 1 nitrogen and oxygen atoms in total. The molecule has 1 aliphatic rings. The van der Waals surface area contributed by atoms with E-state index in [1.54, 1.807) is 0 Å². The van der Waals surface area contributed by atoms with Crippen molar-refractivity contribution >= 4 is 5.78 Å². The summed E-state index contributed by atoms with van der Waals surface area (Å²) in [6.45, 7) is 10.4. The van der Waals surface area contributed by atoms with Crippen LogP contribution < -0.4 is 0 Å². The summed E-state index contributed by atoms with van der Waals surface area (Å²) in [5.41, 5.74) is 0. The molecule has 1 fully saturated rings. The van der Waals surface area contributed by atoms with Gasteiger partial charge in [-0.1, -0.05) is 26.8 Å². The summed E-state index contributed by atoms with van der Waals surface area (Å²) in [5, 5.41) is 0. The van der Waals surface area contributed by atoms with E-state index in [9.17, 15) is 4.79 Å². The van der Waals surface area contributed by atoms with Crippen molar-refractivity contribution in [2.75, 3.05) is 0 Å². The van der Waals surface area contributed by atoms with Crippen molar-refractivity contribution in [2.45, 2.75) is 40.0 Å². The molecular weight excluding hydrogens is 172 g/mol. The Hall–Kier alpha value is -0.590. The lowest BCUT2D eigenvalue weighted by molar-refractivity contribution is -0.127. The first-order valence-corrected chi connectivity index (χ1v) is 5.71. The maximum atomic E-state index is 11.7. The lowest BCUT2D eigenvalue weighted by atomic mass is 9.71. The molecule has 0 N–H and O–H groups in total. The summed E-state index contributed by atoms with van der Waals surface area (Å²) < 4.78 is 0. The van der Waals surface area contributed by atoms with E-state index in [1.165, 1.54) is 0 Å². The van der Waals surface area contributed by atoms with Crippen molar-refractivity contribution < 1.29 is 4.79 Å². The molecule has 0 amide bonds. The zero-order chi connectivity index (χ0) is 10.7. The van der Waals surface area contributed by atoms with E-state index in [0.717, 1.165) is 25.2 Å². The summed E-state index contributed by atoms with van der Waals surface area (Å²) in [7, 11) is 0. The number of carbonyl (C=O) groups excluding carboxylic acids is 1. The second-order valence-corrected chi connectivity index (χ2v) is 4.95. The molecule has 80 valence electrons. The van der Waals surface area contributed by atoms with Crippen LogP contribution in [0.5, 0.6) is 0 Å². The topological polar surface area (TPSA) is 17.1 Å². The molecule has 3 unspecified atom stereocenters. The number of hydrogen-bond acceptors (Lipinski definition) is 1. The standard InChI is InChI=1S/C13H22O/c1-5-10(4)12-8-11(9(2)3)6-7-13(12)14/h5,9-12H,1,6-8H2,2-4H3. The van der Waals surface area contributed by atoms with E-state index in [0.29, 0.717) is 17.6 Å². The van der Waals surface area contributed by atoms with Gasteiger partial charge < -0.3 is 0 Å². The predicted molar refractivity (Wildman–Crippen MR) is 60.0 cm³/mol. The average molecular weight is 194 g/mol. The van der Waals surface area contributed by atoms with Gasteiger partial charge in [0.1, 0.15) is 5.78 Å². The van der Waals surface area contributed by atoms with Crippen LogP contribution in [0.15, 0.2) is 12.7 Å². The third-order valence-electron chi connectivity index (χ3n) is 3.68. The lowest BCUT2D eigenvalue weighted by Gasteiger charge is -2.32. The maximum absolute atomic E-state index is 11.7. The number of allylic oxidation sites excluding steroid dienone is 1. The van der Waals surface area contributed by atoms with E-state index in [2.05, 4.69) is 27.4 Å². The van der Waals surface area contributed by atoms with Gasteiger partial charge in [-0.15, -0.1) is 6.58 Å². The van der Waals surface area contributed by atoms with Crippen LogP contribution in [0.2, 0.25) is 0 Å². The molecule has 0 aromatic heterocycles. The van der Waals surface area contributed by atoms with Crippen molar-refractivity contribution in [2.24, 2.45) is 23.7 Å². The molecule has 0 saturated heterocycles. The summed E-state index contributed by atoms with van der Waals surface area (Å²) >= 11 is 0. The smallest absolute Gasteiger partial charge is 0.136 e. The highest BCUT2D eigenvalue weighted by Crippen LogP contribution is 2.35. The zero-order valence-electron chi connectivity index (χ0n) is 9.62. The van der Waals surface area contributed by atoms with Gasteiger partial charge in [0.15, 0.2) is 0 Å². The molecule has 14 heavy (non-hydrogen) atoms. The highest BCUT2D eigenvalue weighted by molar-refractivity contribution is 5.82. The maximum Gasteiger partial charge on any atom is 0.136 e. The van der Waals surface area contributed by atoms with Crippen LogP contribution in [0.1, 0.15) is 40.0 Å². The molecule has 1 rings (SSSR count). The molecule has 0 aliphatic heterocycles. The Labute approximate surface area is 87.6 Å². The Bertz CT molecular complexity index is 217. The van der Waals surface area contributed by atoms with Gasteiger partial charge in [-0.2, -0.15) is 0 Å². The Morgan fingerprint density at radius 3 is 2.57 bits per heavy atom. The molecule has 1 saturated carbocycles. The van der Waals surface area contributed by atoms with Crippen LogP contribution in [0.4, 0.5) is 0 Å². The van der Waals surface area contributed by atoms with E-state index in [1.807, 2.05) is 6.08 Å². The van der Waals surface area contributed by atoms with Gasteiger partial charge in [0, 0.05) is 12.3 Å². The Morgan fingerprint density at radius 1 is 1.43 bits per heavy atom. The quantitative estimate of drug-likeness (QED) is 0.629. The molecule has 0 aromatic rings. The summed E-state index contributed by atoms with van der Waals surface area (Å²) in [6.07, 6.45) is 4.87. The Morgan fingerprint density at radius 2 is 2.07 bits per heavy atom. The van der Waals surface area contributed by atoms with Gasteiger partial charge >= 0.3 is 0 Å². The SMILES string of the molecule is C=CC(C)C1CC(C(C)C)CCC1=O. The van der Waals surface area contributed by atoms with Gasteiger partial charge in [-0.25, -0.2) is 0 Å². The number of carbonyl (C=O) groups is 1. The predicted octanol–water partition coefficient (Wildman–Crippen LogP) is 3.45. The van der Waals surface area contributed by atoms with E-state index in [4.69, 9.17) is 0 Å². The minimum absolute atomic E-state index is 0.244. The van der Waals surface area contributed by atoms with Gasteiger partial charge in [-0.05, 0) is 30.6 Å². The monoisotopic (exact) mass is 194 g/mol. The average Bonchev–Trinajstić information content (AvgIpc) is 2.17. The Kier molecular flexibility index (Phi) is 3.91. The van der Waals surface area contributed by atoms with Crippen LogP contribution in [0.25, 0.3) is 0 Å². The van der Waals surface area contributed by atoms with Crippen molar-refractivity contribution in [1.82, 2.24) is 0 Å². The number of hydrogen-bond donors (Lipinski definition) is 0. The van der Waals surface area contributed by atoms with Gasteiger partial charge in [0.05, 0.1) is 0 Å². The number of Topliss-reactive ketones (excluding diaryl/α,β-unsaturated/α-hetero) is 1. The molecule has 0 heterocycles. The van der Waals surface area contributed by atoms with Crippen LogP contribution in [-0.2, 0) is 4.79 Å². The summed E-state index contributed by atoms with van der Waals surface area (Å²) in [4.78, 5) is 11.7. The largest absolute Gasteiger partial charge is 0.299 e. The fraction of sp³-hybridized carbons (Fsp3) is 0.769. The lowest BCUT2D eigenvalue weighted by Crippen LogP contribution is -2.30. The minimum atomic E-state index is 0.244. The zero-order valence-corrected chi connectivity index (χ0v) is 9.62. The Balaban J connectivity index is 2.64. The summed E-state index contributed by atoms with van der Waals surface area (Å²) in [5.74, 6) is 2.50. The van der Waals surface area contributed by atoms with Gasteiger partial charge in [0.2, 0.25) is 0 Å². The van der Waals surface area contributed by atoms with Crippen LogP contribution in [-0.4, -0.2) is 5.78 Å². The molecule has 3 atom stereocenters. The fourth-order valence-corrected chi connectivity index (χ4v) is 2.37. The first-order chi connectivity index (χ1) is 6.56. The second-order valence-electron chi connectivity index (χ2n) is 4.95. The highest BCUT2D eigenvalue weighted by atomic mass is 16.1. The van der Waals surface area contributed by atoms with Crippen LogP contribution in [0.3, 0.4) is 0 Å². The fourth-order valence-electron chi connectivity index (χ4n) is 2.37. The molecular formula is C13H22O. The van der Waals surface area contributed by atoms with Crippen molar-refractivity contribution in [3.8, 4) is 0 Å².